The van der Waals surface area contributed by atoms with Crippen LogP contribution in [0.15, 0.2) is 18.2 Å². The molecule has 0 spiro atoms. The van der Waals surface area contributed by atoms with Crippen LogP contribution < -0.4 is 14.8 Å². The van der Waals surface area contributed by atoms with Crippen molar-refractivity contribution in [3.8, 4) is 11.5 Å². The number of aryl methyl sites for hydroxylation is 1. The van der Waals surface area contributed by atoms with Crippen molar-refractivity contribution in [1.29, 1.82) is 0 Å². The maximum atomic E-state index is 12.3. The van der Waals surface area contributed by atoms with E-state index in [9.17, 15) is 4.79 Å². The van der Waals surface area contributed by atoms with E-state index in [-0.39, 0.29) is 5.91 Å². The molecule has 24 heavy (non-hydrogen) atoms. The van der Waals surface area contributed by atoms with Crippen LogP contribution >= 0.6 is 0 Å². The molecule has 1 amide bonds. The van der Waals surface area contributed by atoms with Crippen molar-refractivity contribution in [1.82, 2.24) is 5.32 Å². The predicted molar refractivity (Wildman–Crippen MR) is 94.5 cm³/mol. The highest BCUT2D eigenvalue weighted by Crippen LogP contribution is 2.44. The van der Waals surface area contributed by atoms with Gasteiger partial charge in [0, 0.05) is 12.5 Å². The second-order valence-electron chi connectivity index (χ2n) is 7.00. The summed E-state index contributed by atoms with van der Waals surface area (Å²) < 4.78 is 11.2. The molecule has 3 rings (SSSR count). The highest BCUT2D eigenvalue weighted by Gasteiger charge is 2.39. The standard InChI is InChI=1S/C20H29NO3/c1-3-23-18-9-6-14(13-19(18)24-4-2)7-10-20(22)21-17-12-15-5-8-16(17)11-15/h6,9,13,15-17H,3-5,7-8,10-12H2,1-2H3,(H,21,22)/t15-,16-,17+/m0/s1. The Morgan fingerprint density at radius 3 is 2.58 bits per heavy atom. The molecule has 0 unspecified atom stereocenters. The Balaban J connectivity index is 1.52. The van der Waals surface area contributed by atoms with Gasteiger partial charge in [0.15, 0.2) is 11.5 Å². The summed E-state index contributed by atoms with van der Waals surface area (Å²) >= 11 is 0. The first-order valence-corrected chi connectivity index (χ1v) is 9.37. The summed E-state index contributed by atoms with van der Waals surface area (Å²) in [5, 5.41) is 3.26. The Morgan fingerprint density at radius 2 is 1.92 bits per heavy atom. The van der Waals surface area contributed by atoms with Gasteiger partial charge in [-0.1, -0.05) is 12.5 Å². The van der Waals surface area contributed by atoms with E-state index in [1.807, 2.05) is 32.0 Å². The molecule has 4 heteroatoms. The molecule has 2 aliphatic carbocycles. The average molecular weight is 331 g/mol. The second kappa shape index (κ2) is 7.91. The van der Waals surface area contributed by atoms with Crippen LogP contribution in [0.3, 0.4) is 0 Å². The molecule has 1 aromatic carbocycles. The van der Waals surface area contributed by atoms with Gasteiger partial charge in [-0.3, -0.25) is 4.79 Å². The molecule has 0 aliphatic heterocycles. The molecule has 2 fully saturated rings. The van der Waals surface area contributed by atoms with Crippen molar-refractivity contribution >= 4 is 5.91 Å². The fraction of sp³-hybridized carbons (Fsp3) is 0.650. The van der Waals surface area contributed by atoms with Gasteiger partial charge in [-0.15, -0.1) is 0 Å². The van der Waals surface area contributed by atoms with Crippen LogP contribution in [0.25, 0.3) is 0 Å². The Hall–Kier alpha value is -1.71. The van der Waals surface area contributed by atoms with E-state index < -0.39 is 0 Å². The Kier molecular flexibility index (Phi) is 5.64. The number of carbonyl (C=O) groups excluding carboxylic acids is 1. The van der Waals surface area contributed by atoms with Crippen molar-refractivity contribution in [2.75, 3.05) is 13.2 Å². The van der Waals surface area contributed by atoms with Gasteiger partial charge < -0.3 is 14.8 Å². The number of hydrogen-bond donors (Lipinski definition) is 1. The van der Waals surface area contributed by atoms with Crippen molar-refractivity contribution in [3.63, 3.8) is 0 Å². The lowest BCUT2D eigenvalue weighted by atomic mass is 9.95. The first-order valence-electron chi connectivity index (χ1n) is 9.37. The Labute approximate surface area is 144 Å². The van der Waals surface area contributed by atoms with Gasteiger partial charge in [0.05, 0.1) is 13.2 Å². The molecular formula is C20H29NO3. The lowest BCUT2D eigenvalue weighted by Gasteiger charge is -2.22. The van der Waals surface area contributed by atoms with Gasteiger partial charge in [0.2, 0.25) is 5.91 Å². The number of rotatable bonds is 8. The van der Waals surface area contributed by atoms with E-state index in [0.717, 1.165) is 35.3 Å². The minimum atomic E-state index is 0.180. The van der Waals surface area contributed by atoms with Crippen LogP contribution in [0.2, 0.25) is 0 Å². The van der Waals surface area contributed by atoms with Crippen LogP contribution in [-0.4, -0.2) is 25.2 Å². The molecule has 2 aliphatic rings. The first kappa shape index (κ1) is 17.1. The second-order valence-corrected chi connectivity index (χ2v) is 7.00. The van der Waals surface area contributed by atoms with Gasteiger partial charge in [-0.05, 0) is 69.1 Å². The summed E-state index contributed by atoms with van der Waals surface area (Å²) in [5.41, 5.74) is 1.12. The van der Waals surface area contributed by atoms with E-state index in [0.29, 0.717) is 25.7 Å². The highest BCUT2D eigenvalue weighted by atomic mass is 16.5. The lowest BCUT2D eigenvalue weighted by Crippen LogP contribution is -2.38. The fourth-order valence-corrected chi connectivity index (χ4v) is 4.21. The van der Waals surface area contributed by atoms with Crippen molar-refractivity contribution in [2.45, 2.75) is 58.4 Å². The molecule has 1 aromatic rings. The van der Waals surface area contributed by atoms with Gasteiger partial charge in [0.1, 0.15) is 0 Å². The Morgan fingerprint density at radius 1 is 1.12 bits per heavy atom. The van der Waals surface area contributed by atoms with E-state index in [1.54, 1.807) is 0 Å². The zero-order valence-electron chi connectivity index (χ0n) is 14.8. The topological polar surface area (TPSA) is 47.6 Å². The lowest BCUT2D eigenvalue weighted by molar-refractivity contribution is -0.122. The van der Waals surface area contributed by atoms with Crippen molar-refractivity contribution in [2.24, 2.45) is 11.8 Å². The SMILES string of the molecule is CCOc1ccc(CCC(=O)N[C@@H]2C[C@H]3CC[C@H]2C3)cc1OCC. The van der Waals surface area contributed by atoms with Gasteiger partial charge in [-0.2, -0.15) is 0 Å². The van der Waals surface area contributed by atoms with E-state index in [1.165, 1.54) is 25.7 Å². The van der Waals surface area contributed by atoms with Crippen LogP contribution in [0.4, 0.5) is 0 Å². The van der Waals surface area contributed by atoms with Crippen molar-refractivity contribution < 1.29 is 14.3 Å². The minimum absolute atomic E-state index is 0.180. The number of carbonyl (C=O) groups is 1. The van der Waals surface area contributed by atoms with Crippen LogP contribution in [0.5, 0.6) is 11.5 Å². The predicted octanol–water partition coefficient (Wildman–Crippen LogP) is 3.72. The zero-order chi connectivity index (χ0) is 16.9. The van der Waals surface area contributed by atoms with E-state index in [4.69, 9.17) is 9.47 Å². The number of nitrogens with one attached hydrogen (secondary N) is 1. The average Bonchev–Trinajstić information content (AvgIpc) is 3.18. The molecule has 3 atom stereocenters. The molecule has 0 saturated heterocycles. The van der Waals surface area contributed by atoms with E-state index >= 15 is 0 Å². The quantitative estimate of drug-likeness (QED) is 0.790. The summed E-state index contributed by atoms with van der Waals surface area (Å²) in [6, 6.07) is 6.39. The number of fused-ring (bicyclic) bond motifs is 2. The van der Waals surface area contributed by atoms with Gasteiger partial charge in [0.25, 0.3) is 0 Å². The molecule has 0 aromatic heterocycles. The monoisotopic (exact) mass is 331 g/mol. The molecule has 0 heterocycles. The maximum Gasteiger partial charge on any atom is 0.220 e. The summed E-state index contributed by atoms with van der Waals surface area (Å²) in [5.74, 6) is 3.31. The van der Waals surface area contributed by atoms with Crippen LogP contribution in [-0.2, 0) is 11.2 Å². The highest BCUT2D eigenvalue weighted by molar-refractivity contribution is 5.76. The van der Waals surface area contributed by atoms with Crippen molar-refractivity contribution in [3.05, 3.63) is 23.8 Å². The first-order chi connectivity index (χ1) is 11.7. The summed E-state index contributed by atoms with van der Waals surface area (Å²) in [6.45, 7) is 5.15. The molecular weight excluding hydrogens is 302 g/mol. The number of benzene rings is 1. The number of amides is 1. The largest absolute Gasteiger partial charge is 0.490 e. The smallest absolute Gasteiger partial charge is 0.220 e. The third-order valence-corrected chi connectivity index (χ3v) is 5.33. The molecule has 0 radical (unpaired) electrons. The molecule has 4 nitrogen and oxygen atoms in total. The third kappa shape index (κ3) is 4.03. The van der Waals surface area contributed by atoms with Gasteiger partial charge in [-0.25, -0.2) is 0 Å². The normalized spacial score (nSPS) is 24.8. The summed E-state index contributed by atoms with van der Waals surface area (Å²) in [4.78, 5) is 12.3. The van der Waals surface area contributed by atoms with E-state index in [2.05, 4.69) is 5.32 Å². The fourth-order valence-electron chi connectivity index (χ4n) is 4.21. The maximum absolute atomic E-state index is 12.3. The zero-order valence-corrected chi connectivity index (χ0v) is 14.8. The molecule has 1 N–H and O–H groups in total. The molecule has 132 valence electrons. The molecule has 2 bridgehead atoms. The number of hydrogen-bond acceptors (Lipinski definition) is 3. The number of ether oxygens (including phenoxy) is 2. The third-order valence-electron chi connectivity index (χ3n) is 5.33. The summed E-state index contributed by atoms with van der Waals surface area (Å²) in [6.07, 6.45) is 6.44. The van der Waals surface area contributed by atoms with Gasteiger partial charge >= 0.3 is 0 Å². The summed E-state index contributed by atoms with van der Waals surface area (Å²) in [7, 11) is 0. The van der Waals surface area contributed by atoms with Crippen LogP contribution in [0, 0.1) is 11.8 Å². The van der Waals surface area contributed by atoms with Crippen LogP contribution in [0.1, 0.15) is 51.5 Å². The Bertz CT molecular complexity index is 572. The minimum Gasteiger partial charge on any atom is -0.490 e. The molecule has 2 saturated carbocycles.